The van der Waals surface area contributed by atoms with E-state index in [0.29, 0.717) is 17.9 Å². The molecule has 0 radical (unpaired) electrons. The Morgan fingerprint density at radius 2 is 2.05 bits per heavy atom. The Balaban J connectivity index is 2.40. The number of aryl methyl sites for hydroxylation is 1. The number of aliphatic hydroxyl groups excluding tert-OH is 1. The summed E-state index contributed by atoms with van der Waals surface area (Å²) in [7, 11) is 1.86. The number of hydrogen-bond donors (Lipinski definition) is 1. The summed E-state index contributed by atoms with van der Waals surface area (Å²) in [6, 6.07) is 1.82. The summed E-state index contributed by atoms with van der Waals surface area (Å²) >= 11 is 0. The predicted octanol–water partition coefficient (Wildman–Crippen LogP) is 2.59. The van der Waals surface area contributed by atoms with Crippen LogP contribution in [0.1, 0.15) is 50.6 Å². The van der Waals surface area contributed by atoms with Crippen molar-refractivity contribution in [3.05, 3.63) is 41.5 Å². The van der Waals surface area contributed by atoms with Gasteiger partial charge in [-0.25, -0.2) is 0 Å². The molecule has 0 saturated heterocycles. The van der Waals surface area contributed by atoms with Crippen LogP contribution in [0.25, 0.3) is 0 Å². The van der Waals surface area contributed by atoms with Gasteiger partial charge in [-0.2, -0.15) is 5.10 Å². The molecule has 5 heteroatoms. The number of aromatic nitrogens is 3. The second-order valence-corrected chi connectivity index (χ2v) is 6.15. The first-order valence-corrected chi connectivity index (χ1v) is 7.12. The van der Waals surface area contributed by atoms with E-state index in [2.05, 4.69) is 30.9 Å². The number of aliphatic hydroxyl groups is 1. The lowest BCUT2D eigenvalue weighted by molar-refractivity contribution is 0.216. The standard InChI is InChI=1S/C16H23N3O2/c1-6-21-12-7-11(8-17-9-12)14(20)13-10-19(5)18-15(13)16(2,3)4/h7-10,14,20H,6H2,1-5H3. The van der Waals surface area contributed by atoms with E-state index in [1.807, 2.05) is 26.2 Å². The molecular weight excluding hydrogens is 266 g/mol. The minimum atomic E-state index is -0.763. The first-order chi connectivity index (χ1) is 9.82. The minimum absolute atomic E-state index is 0.136. The Morgan fingerprint density at radius 3 is 2.67 bits per heavy atom. The van der Waals surface area contributed by atoms with E-state index in [-0.39, 0.29) is 5.41 Å². The lowest BCUT2D eigenvalue weighted by atomic mass is 9.87. The summed E-state index contributed by atoms with van der Waals surface area (Å²) in [5.74, 6) is 0.662. The highest BCUT2D eigenvalue weighted by Crippen LogP contribution is 2.32. The molecule has 21 heavy (non-hydrogen) atoms. The number of nitrogens with zero attached hydrogens (tertiary/aromatic N) is 3. The molecule has 0 spiro atoms. The molecule has 0 amide bonds. The van der Waals surface area contributed by atoms with Gasteiger partial charge in [-0.15, -0.1) is 0 Å². The van der Waals surface area contributed by atoms with Crippen molar-refractivity contribution < 1.29 is 9.84 Å². The zero-order valence-corrected chi connectivity index (χ0v) is 13.3. The molecule has 0 bridgehead atoms. The van der Waals surface area contributed by atoms with Crippen LogP contribution in [0.2, 0.25) is 0 Å². The van der Waals surface area contributed by atoms with Gasteiger partial charge in [-0.3, -0.25) is 9.67 Å². The van der Waals surface area contributed by atoms with E-state index in [1.165, 1.54) is 0 Å². The van der Waals surface area contributed by atoms with E-state index in [4.69, 9.17) is 4.74 Å². The molecule has 2 aromatic heterocycles. The van der Waals surface area contributed by atoms with Gasteiger partial charge in [0.25, 0.3) is 0 Å². The van der Waals surface area contributed by atoms with Gasteiger partial charge < -0.3 is 9.84 Å². The van der Waals surface area contributed by atoms with E-state index in [1.54, 1.807) is 17.1 Å². The average Bonchev–Trinajstić information content (AvgIpc) is 2.81. The molecule has 114 valence electrons. The highest BCUT2D eigenvalue weighted by Gasteiger charge is 2.26. The largest absolute Gasteiger partial charge is 0.492 e. The molecule has 0 aliphatic heterocycles. The summed E-state index contributed by atoms with van der Waals surface area (Å²) < 4.78 is 7.18. The first-order valence-electron chi connectivity index (χ1n) is 7.12. The normalized spacial score (nSPS) is 13.2. The fraction of sp³-hybridized carbons (Fsp3) is 0.500. The number of hydrogen-bond acceptors (Lipinski definition) is 4. The zero-order chi connectivity index (χ0) is 15.6. The van der Waals surface area contributed by atoms with Crippen LogP contribution in [-0.2, 0) is 12.5 Å². The van der Waals surface area contributed by atoms with Crippen LogP contribution in [-0.4, -0.2) is 26.5 Å². The summed E-state index contributed by atoms with van der Waals surface area (Å²) in [6.45, 7) is 8.74. The summed E-state index contributed by atoms with van der Waals surface area (Å²) in [6.07, 6.45) is 4.40. The van der Waals surface area contributed by atoms with Crippen LogP contribution >= 0.6 is 0 Å². The predicted molar refractivity (Wildman–Crippen MR) is 81.4 cm³/mol. The maximum atomic E-state index is 10.7. The Kier molecular flexibility index (Phi) is 4.32. The minimum Gasteiger partial charge on any atom is -0.492 e. The Bertz CT molecular complexity index is 614. The van der Waals surface area contributed by atoms with Gasteiger partial charge in [-0.1, -0.05) is 20.8 Å². The third-order valence-corrected chi connectivity index (χ3v) is 3.22. The average molecular weight is 289 g/mol. The van der Waals surface area contributed by atoms with Crippen molar-refractivity contribution in [2.75, 3.05) is 6.61 Å². The monoisotopic (exact) mass is 289 g/mol. The summed E-state index contributed by atoms with van der Waals surface area (Å²) in [5.41, 5.74) is 2.27. The van der Waals surface area contributed by atoms with Crippen molar-refractivity contribution in [2.24, 2.45) is 7.05 Å². The molecule has 0 aromatic carbocycles. The number of rotatable bonds is 4. The van der Waals surface area contributed by atoms with Crippen molar-refractivity contribution in [1.29, 1.82) is 0 Å². The second-order valence-electron chi connectivity index (χ2n) is 6.15. The lowest BCUT2D eigenvalue weighted by Crippen LogP contribution is -2.16. The van der Waals surface area contributed by atoms with Crippen LogP contribution in [0, 0.1) is 0 Å². The van der Waals surface area contributed by atoms with Gasteiger partial charge in [0, 0.05) is 36.0 Å². The highest BCUT2D eigenvalue weighted by atomic mass is 16.5. The lowest BCUT2D eigenvalue weighted by Gasteiger charge is -2.20. The van der Waals surface area contributed by atoms with E-state index in [9.17, 15) is 5.11 Å². The molecule has 1 unspecified atom stereocenters. The van der Waals surface area contributed by atoms with Gasteiger partial charge in [-0.05, 0) is 13.0 Å². The van der Waals surface area contributed by atoms with Crippen LogP contribution in [0.4, 0.5) is 0 Å². The molecule has 1 N–H and O–H groups in total. The fourth-order valence-corrected chi connectivity index (χ4v) is 2.30. The van der Waals surface area contributed by atoms with Crippen LogP contribution in [0.5, 0.6) is 5.75 Å². The smallest absolute Gasteiger partial charge is 0.137 e. The van der Waals surface area contributed by atoms with Gasteiger partial charge in [0.2, 0.25) is 0 Å². The first kappa shape index (κ1) is 15.5. The van der Waals surface area contributed by atoms with Crippen molar-refractivity contribution in [2.45, 2.75) is 39.2 Å². The highest BCUT2D eigenvalue weighted by molar-refractivity contribution is 5.35. The molecule has 5 nitrogen and oxygen atoms in total. The second kappa shape index (κ2) is 5.85. The Hall–Kier alpha value is -1.88. The van der Waals surface area contributed by atoms with E-state index < -0.39 is 6.10 Å². The van der Waals surface area contributed by atoms with Crippen molar-refractivity contribution in [3.63, 3.8) is 0 Å². The third-order valence-electron chi connectivity index (χ3n) is 3.22. The molecule has 1 atom stereocenters. The molecule has 0 fully saturated rings. The van der Waals surface area contributed by atoms with Gasteiger partial charge in [0.05, 0.1) is 18.5 Å². The maximum absolute atomic E-state index is 10.7. The van der Waals surface area contributed by atoms with Crippen molar-refractivity contribution in [1.82, 2.24) is 14.8 Å². The summed E-state index contributed by atoms with van der Waals surface area (Å²) in [5, 5.41) is 15.2. The zero-order valence-electron chi connectivity index (χ0n) is 13.3. The molecule has 0 aliphatic carbocycles. The molecule has 0 saturated carbocycles. The topological polar surface area (TPSA) is 60.2 Å². The molecule has 2 aromatic rings. The SMILES string of the molecule is CCOc1cncc(C(O)c2cn(C)nc2C(C)(C)C)c1. The van der Waals surface area contributed by atoms with Crippen LogP contribution in [0.3, 0.4) is 0 Å². The molecule has 2 heterocycles. The fourth-order valence-electron chi connectivity index (χ4n) is 2.30. The van der Waals surface area contributed by atoms with Gasteiger partial charge >= 0.3 is 0 Å². The van der Waals surface area contributed by atoms with Crippen molar-refractivity contribution >= 4 is 0 Å². The maximum Gasteiger partial charge on any atom is 0.137 e. The van der Waals surface area contributed by atoms with Crippen molar-refractivity contribution in [3.8, 4) is 5.75 Å². The number of pyridine rings is 1. The Labute approximate surface area is 125 Å². The van der Waals surface area contributed by atoms with Crippen LogP contribution in [0.15, 0.2) is 24.7 Å². The summed E-state index contributed by atoms with van der Waals surface area (Å²) in [4.78, 5) is 4.14. The molecule has 2 rings (SSSR count). The van der Waals surface area contributed by atoms with Gasteiger partial charge in [0.15, 0.2) is 0 Å². The molecule has 0 aliphatic rings. The quantitative estimate of drug-likeness (QED) is 0.940. The van der Waals surface area contributed by atoms with E-state index >= 15 is 0 Å². The number of ether oxygens (including phenoxy) is 1. The third kappa shape index (κ3) is 3.42. The van der Waals surface area contributed by atoms with Crippen LogP contribution < -0.4 is 4.74 Å². The Morgan fingerprint density at radius 1 is 1.33 bits per heavy atom. The van der Waals surface area contributed by atoms with E-state index in [0.717, 1.165) is 11.3 Å². The molecular formula is C16H23N3O2. The van der Waals surface area contributed by atoms with Gasteiger partial charge in [0.1, 0.15) is 11.9 Å².